The van der Waals surface area contributed by atoms with Gasteiger partial charge in [0.1, 0.15) is 0 Å². The number of anilines is 2. The van der Waals surface area contributed by atoms with Crippen LogP contribution in [0.1, 0.15) is 5.56 Å². The van der Waals surface area contributed by atoms with E-state index in [1.807, 2.05) is 5.32 Å². The molecule has 2 aromatic rings. The fraction of sp³-hybridized carbons (Fsp3) is 0.0667. The molecule has 0 aliphatic rings. The van der Waals surface area contributed by atoms with E-state index in [-0.39, 0.29) is 0 Å². The molecule has 0 fully saturated rings. The molecule has 0 saturated heterocycles. The highest BCUT2D eigenvalue weighted by atomic mass is 79.9. The molecule has 120 valence electrons. The molecular weight excluding hydrogens is 377 g/mol. The fourth-order valence-corrected chi connectivity index (χ4v) is 2.14. The minimum Gasteiger partial charge on any atom is -0.317 e. The van der Waals surface area contributed by atoms with Crippen LogP contribution in [0.3, 0.4) is 0 Å². The van der Waals surface area contributed by atoms with Gasteiger partial charge in [-0.3, -0.25) is 9.59 Å². The summed E-state index contributed by atoms with van der Waals surface area (Å²) in [5.74, 6) is -2.27. The van der Waals surface area contributed by atoms with Crippen molar-refractivity contribution in [1.29, 1.82) is 0 Å². The SMILES string of the molecule is O=C(Nc1ccccc1Br)C(=O)Nc1ccccc1C(F)(F)F. The predicted octanol–water partition coefficient (Wildman–Crippen LogP) is 4.05. The van der Waals surface area contributed by atoms with Crippen LogP contribution in [0.2, 0.25) is 0 Å². The molecule has 4 nitrogen and oxygen atoms in total. The molecule has 0 saturated carbocycles. The zero-order valence-corrected chi connectivity index (χ0v) is 13.0. The van der Waals surface area contributed by atoms with Gasteiger partial charge in [0.15, 0.2) is 0 Å². The average molecular weight is 387 g/mol. The van der Waals surface area contributed by atoms with Gasteiger partial charge in [0, 0.05) is 4.47 Å². The third kappa shape index (κ3) is 4.32. The first-order valence-electron chi connectivity index (χ1n) is 6.32. The number of rotatable bonds is 2. The highest BCUT2D eigenvalue weighted by molar-refractivity contribution is 9.10. The molecule has 2 N–H and O–H groups in total. The van der Waals surface area contributed by atoms with Crippen molar-refractivity contribution < 1.29 is 22.8 Å². The maximum atomic E-state index is 12.8. The fourth-order valence-electron chi connectivity index (χ4n) is 1.76. The second kappa shape index (κ2) is 6.82. The molecular formula is C15H10BrF3N2O2. The summed E-state index contributed by atoms with van der Waals surface area (Å²) in [5, 5.41) is 4.28. The number of benzene rings is 2. The van der Waals surface area contributed by atoms with Crippen LogP contribution in [0.5, 0.6) is 0 Å². The van der Waals surface area contributed by atoms with Crippen LogP contribution in [-0.4, -0.2) is 11.8 Å². The molecule has 2 aromatic carbocycles. The molecule has 0 spiro atoms. The van der Waals surface area contributed by atoms with E-state index in [1.54, 1.807) is 24.3 Å². The lowest BCUT2D eigenvalue weighted by Gasteiger charge is -2.13. The normalized spacial score (nSPS) is 11.0. The van der Waals surface area contributed by atoms with Crippen LogP contribution in [-0.2, 0) is 15.8 Å². The maximum absolute atomic E-state index is 12.8. The average Bonchev–Trinajstić information content (AvgIpc) is 2.49. The number of alkyl halides is 3. The number of carbonyl (C=O) groups excluding carboxylic acids is 2. The Labute approximate surface area is 137 Å². The lowest BCUT2D eigenvalue weighted by atomic mass is 10.1. The van der Waals surface area contributed by atoms with Crippen molar-refractivity contribution in [1.82, 2.24) is 0 Å². The molecule has 0 unspecified atom stereocenters. The van der Waals surface area contributed by atoms with Gasteiger partial charge in [-0.25, -0.2) is 0 Å². The Morgan fingerprint density at radius 3 is 1.87 bits per heavy atom. The lowest BCUT2D eigenvalue weighted by molar-refractivity contribution is -0.137. The molecule has 2 rings (SSSR count). The molecule has 2 amide bonds. The van der Waals surface area contributed by atoms with Gasteiger partial charge in [-0.05, 0) is 40.2 Å². The molecule has 0 aliphatic heterocycles. The third-order valence-corrected chi connectivity index (χ3v) is 3.50. The Morgan fingerprint density at radius 1 is 0.826 bits per heavy atom. The van der Waals surface area contributed by atoms with Crippen LogP contribution in [0, 0.1) is 0 Å². The van der Waals surface area contributed by atoms with Gasteiger partial charge in [0.05, 0.1) is 16.9 Å². The summed E-state index contributed by atoms with van der Waals surface area (Å²) in [6.07, 6.45) is -4.64. The highest BCUT2D eigenvalue weighted by Crippen LogP contribution is 2.34. The van der Waals surface area contributed by atoms with E-state index in [2.05, 4.69) is 21.2 Å². The zero-order chi connectivity index (χ0) is 17.0. The maximum Gasteiger partial charge on any atom is 0.418 e. The number of hydrogen-bond donors (Lipinski definition) is 2. The summed E-state index contributed by atoms with van der Waals surface area (Å²) >= 11 is 3.18. The van der Waals surface area contributed by atoms with Crippen LogP contribution < -0.4 is 10.6 Å². The summed E-state index contributed by atoms with van der Waals surface area (Å²) < 4.78 is 39.1. The van der Waals surface area contributed by atoms with E-state index < -0.39 is 29.2 Å². The van der Waals surface area contributed by atoms with Crippen molar-refractivity contribution in [3.63, 3.8) is 0 Å². The number of para-hydroxylation sites is 2. The number of carbonyl (C=O) groups is 2. The number of hydrogen-bond acceptors (Lipinski definition) is 2. The van der Waals surface area contributed by atoms with Gasteiger partial charge in [0.2, 0.25) is 0 Å². The summed E-state index contributed by atoms with van der Waals surface area (Å²) in [6, 6.07) is 11.0. The number of halogens is 4. The third-order valence-electron chi connectivity index (χ3n) is 2.81. The van der Waals surface area contributed by atoms with Crippen LogP contribution in [0.15, 0.2) is 53.0 Å². The van der Waals surface area contributed by atoms with Crippen molar-refractivity contribution in [2.45, 2.75) is 6.18 Å². The standard InChI is InChI=1S/C15H10BrF3N2O2/c16-10-6-2-4-8-12(10)21-14(23)13(22)20-11-7-3-1-5-9(11)15(17,18)19/h1-8H,(H,20,22)(H,21,23). The largest absolute Gasteiger partial charge is 0.418 e. The van der Waals surface area contributed by atoms with Gasteiger partial charge < -0.3 is 10.6 Å². The Kier molecular flexibility index (Phi) is 5.05. The van der Waals surface area contributed by atoms with E-state index in [4.69, 9.17) is 0 Å². The summed E-state index contributed by atoms with van der Waals surface area (Å²) in [6.45, 7) is 0. The van der Waals surface area contributed by atoms with Crippen LogP contribution in [0.4, 0.5) is 24.5 Å². The molecule has 0 atom stereocenters. The minimum atomic E-state index is -4.64. The van der Waals surface area contributed by atoms with Gasteiger partial charge >= 0.3 is 18.0 Å². The van der Waals surface area contributed by atoms with Gasteiger partial charge in [-0.1, -0.05) is 24.3 Å². The Morgan fingerprint density at radius 2 is 1.30 bits per heavy atom. The summed E-state index contributed by atoms with van der Waals surface area (Å²) in [7, 11) is 0. The monoisotopic (exact) mass is 386 g/mol. The topological polar surface area (TPSA) is 58.2 Å². The lowest BCUT2D eigenvalue weighted by Crippen LogP contribution is -2.30. The van der Waals surface area contributed by atoms with Crippen molar-refractivity contribution in [3.05, 3.63) is 58.6 Å². The van der Waals surface area contributed by atoms with E-state index in [9.17, 15) is 22.8 Å². The Hall–Kier alpha value is -2.35. The second-order valence-electron chi connectivity index (χ2n) is 4.43. The first-order chi connectivity index (χ1) is 10.8. The highest BCUT2D eigenvalue weighted by Gasteiger charge is 2.34. The van der Waals surface area contributed by atoms with Gasteiger partial charge in [-0.15, -0.1) is 0 Å². The molecule has 0 radical (unpaired) electrons. The molecule has 0 aliphatic carbocycles. The molecule has 0 aromatic heterocycles. The van der Waals surface area contributed by atoms with Crippen molar-refractivity contribution in [2.24, 2.45) is 0 Å². The minimum absolute atomic E-state index is 0.330. The van der Waals surface area contributed by atoms with E-state index in [1.165, 1.54) is 12.1 Å². The Bertz CT molecular complexity index is 747. The predicted molar refractivity (Wildman–Crippen MR) is 82.8 cm³/mol. The quantitative estimate of drug-likeness (QED) is 0.765. The van der Waals surface area contributed by atoms with Crippen molar-refractivity contribution >= 4 is 39.1 Å². The molecule has 8 heteroatoms. The van der Waals surface area contributed by atoms with Crippen LogP contribution in [0.25, 0.3) is 0 Å². The first-order valence-corrected chi connectivity index (χ1v) is 7.11. The van der Waals surface area contributed by atoms with E-state index in [0.29, 0.717) is 10.2 Å². The first kappa shape index (κ1) is 17.0. The molecule has 23 heavy (non-hydrogen) atoms. The van der Waals surface area contributed by atoms with E-state index in [0.717, 1.165) is 12.1 Å². The van der Waals surface area contributed by atoms with Gasteiger partial charge in [0.25, 0.3) is 0 Å². The second-order valence-corrected chi connectivity index (χ2v) is 5.29. The summed E-state index contributed by atoms with van der Waals surface area (Å²) in [4.78, 5) is 23.6. The van der Waals surface area contributed by atoms with Crippen LogP contribution >= 0.6 is 15.9 Å². The number of nitrogens with one attached hydrogen (secondary N) is 2. The smallest absolute Gasteiger partial charge is 0.317 e. The Balaban J connectivity index is 2.14. The zero-order valence-electron chi connectivity index (χ0n) is 11.4. The van der Waals surface area contributed by atoms with Crippen molar-refractivity contribution in [2.75, 3.05) is 10.6 Å². The molecule has 0 bridgehead atoms. The van der Waals surface area contributed by atoms with Crippen molar-refractivity contribution in [3.8, 4) is 0 Å². The van der Waals surface area contributed by atoms with E-state index >= 15 is 0 Å². The number of amides is 2. The molecule has 0 heterocycles. The van der Waals surface area contributed by atoms with Gasteiger partial charge in [-0.2, -0.15) is 13.2 Å². The summed E-state index contributed by atoms with van der Waals surface area (Å²) in [5.41, 5.74) is -1.17.